The number of aryl methyl sites for hydroxylation is 1. The Balaban J connectivity index is 2.42. The minimum absolute atomic E-state index is 0.106. The first-order chi connectivity index (χ1) is 9.24. The van der Waals surface area contributed by atoms with Crippen LogP contribution in [0.1, 0.15) is 36.1 Å². The molecule has 0 aliphatic carbocycles. The van der Waals surface area contributed by atoms with Crippen LogP contribution in [-0.2, 0) is 0 Å². The molecule has 0 spiro atoms. The van der Waals surface area contributed by atoms with Gasteiger partial charge in [-0.25, -0.2) is 4.98 Å². The van der Waals surface area contributed by atoms with Crippen molar-refractivity contribution >= 4 is 5.82 Å². The molecule has 3 nitrogen and oxygen atoms in total. The zero-order chi connectivity index (χ0) is 13.7. The molecule has 3 N–H and O–H groups in total. The Morgan fingerprint density at radius 2 is 1.89 bits per heavy atom. The molecular weight excluding hydrogens is 234 g/mol. The normalized spacial score (nSPS) is 12.3. The highest BCUT2D eigenvalue weighted by molar-refractivity contribution is 5.47. The molecule has 1 aromatic carbocycles. The summed E-state index contributed by atoms with van der Waals surface area (Å²) < 4.78 is 0. The van der Waals surface area contributed by atoms with E-state index in [0.29, 0.717) is 5.82 Å². The van der Waals surface area contributed by atoms with Crippen molar-refractivity contribution < 1.29 is 0 Å². The molecule has 19 heavy (non-hydrogen) atoms. The molecule has 2 aromatic rings. The number of hydrogen-bond acceptors (Lipinski definition) is 3. The van der Waals surface area contributed by atoms with Crippen LogP contribution in [0.15, 0.2) is 42.6 Å². The van der Waals surface area contributed by atoms with E-state index in [2.05, 4.69) is 48.4 Å². The molecule has 1 atom stereocenters. The number of nitrogens with two attached hydrogens (primary N) is 1. The van der Waals surface area contributed by atoms with Gasteiger partial charge in [-0.1, -0.05) is 37.3 Å². The highest BCUT2D eigenvalue weighted by Crippen LogP contribution is 2.27. The van der Waals surface area contributed by atoms with E-state index in [4.69, 9.17) is 5.73 Å². The molecule has 0 fully saturated rings. The number of anilines is 1. The molecule has 3 heteroatoms. The fourth-order valence-electron chi connectivity index (χ4n) is 2.26. The minimum Gasteiger partial charge on any atom is -0.383 e. The van der Waals surface area contributed by atoms with Crippen molar-refractivity contribution in [1.82, 2.24) is 10.3 Å². The van der Waals surface area contributed by atoms with E-state index >= 15 is 0 Å². The molecule has 0 amide bonds. The lowest BCUT2D eigenvalue weighted by atomic mass is 9.95. The van der Waals surface area contributed by atoms with Gasteiger partial charge in [0.2, 0.25) is 0 Å². The van der Waals surface area contributed by atoms with E-state index in [1.165, 1.54) is 11.1 Å². The fourth-order valence-corrected chi connectivity index (χ4v) is 2.26. The highest BCUT2D eigenvalue weighted by Gasteiger charge is 2.17. The summed E-state index contributed by atoms with van der Waals surface area (Å²) in [5.41, 5.74) is 9.60. The van der Waals surface area contributed by atoms with Gasteiger partial charge in [0.25, 0.3) is 0 Å². The van der Waals surface area contributed by atoms with Crippen molar-refractivity contribution in [1.29, 1.82) is 0 Å². The van der Waals surface area contributed by atoms with Gasteiger partial charge in [-0.3, -0.25) is 0 Å². The lowest BCUT2D eigenvalue weighted by Crippen LogP contribution is -2.25. The summed E-state index contributed by atoms with van der Waals surface area (Å²) in [6, 6.07) is 12.5. The topological polar surface area (TPSA) is 50.9 Å². The van der Waals surface area contributed by atoms with Crippen LogP contribution in [0.25, 0.3) is 0 Å². The number of aromatic nitrogens is 1. The Morgan fingerprint density at radius 1 is 1.16 bits per heavy atom. The smallest absolute Gasteiger partial charge is 0.128 e. The maximum absolute atomic E-state index is 6.03. The van der Waals surface area contributed by atoms with Gasteiger partial charge < -0.3 is 11.1 Å². The monoisotopic (exact) mass is 255 g/mol. The van der Waals surface area contributed by atoms with Gasteiger partial charge in [-0.15, -0.1) is 0 Å². The van der Waals surface area contributed by atoms with E-state index < -0.39 is 0 Å². The number of benzene rings is 1. The van der Waals surface area contributed by atoms with Crippen molar-refractivity contribution in [3.8, 4) is 0 Å². The zero-order valence-corrected chi connectivity index (χ0v) is 11.6. The zero-order valence-electron chi connectivity index (χ0n) is 11.6. The SMILES string of the molecule is CCCNC(c1ccccc1C)c1cccnc1N. The van der Waals surface area contributed by atoms with Gasteiger partial charge in [0.1, 0.15) is 5.82 Å². The van der Waals surface area contributed by atoms with Crippen LogP contribution in [-0.4, -0.2) is 11.5 Å². The van der Waals surface area contributed by atoms with Crippen molar-refractivity contribution in [2.24, 2.45) is 0 Å². The standard InChI is InChI=1S/C16H21N3/c1-3-10-18-15(13-8-5-4-7-12(13)2)14-9-6-11-19-16(14)17/h4-9,11,15,18H,3,10H2,1-2H3,(H2,17,19). The third-order valence-electron chi connectivity index (χ3n) is 3.28. The first-order valence-corrected chi connectivity index (χ1v) is 6.73. The lowest BCUT2D eigenvalue weighted by Gasteiger charge is -2.22. The molecule has 0 saturated heterocycles. The highest BCUT2D eigenvalue weighted by atomic mass is 14.9. The summed E-state index contributed by atoms with van der Waals surface area (Å²) in [5, 5.41) is 3.56. The van der Waals surface area contributed by atoms with E-state index in [-0.39, 0.29) is 6.04 Å². The van der Waals surface area contributed by atoms with Crippen molar-refractivity contribution in [3.05, 3.63) is 59.3 Å². The second kappa shape index (κ2) is 6.34. The van der Waals surface area contributed by atoms with Crippen LogP contribution in [0.3, 0.4) is 0 Å². The predicted molar refractivity (Wildman–Crippen MR) is 80.0 cm³/mol. The summed E-state index contributed by atoms with van der Waals surface area (Å²) >= 11 is 0. The molecule has 1 aromatic heterocycles. The summed E-state index contributed by atoms with van der Waals surface area (Å²) in [6.07, 6.45) is 2.82. The molecule has 0 aliphatic rings. The fraction of sp³-hybridized carbons (Fsp3) is 0.312. The van der Waals surface area contributed by atoms with Crippen LogP contribution in [0.5, 0.6) is 0 Å². The number of pyridine rings is 1. The number of hydrogen-bond donors (Lipinski definition) is 2. The van der Waals surface area contributed by atoms with Crippen LogP contribution in [0.2, 0.25) is 0 Å². The van der Waals surface area contributed by atoms with Gasteiger partial charge in [-0.05, 0) is 37.1 Å². The Bertz CT molecular complexity index is 492. The molecule has 0 aliphatic heterocycles. The largest absolute Gasteiger partial charge is 0.383 e. The third kappa shape index (κ3) is 3.12. The average Bonchev–Trinajstić information content (AvgIpc) is 2.42. The maximum atomic E-state index is 6.03. The first kappa shape index (κ1) is 13.6. The molecule has 100 valence electrons. The maximum Gasteiger partial charge on any atom is 0.128 e. The third-order valence-corrected chi connectivity index (χ3v) is 3.28. The van der Waals surface area contributed by atoms with Crippen molar-refractivity contribution in [2.45, 2.75) is 26.3 Å². The number of nitrogens with one attached hydrogen (secondary N) is 1. The van der Waals surface area contributed by atoms with Gasteiger partial charge >= 0.3 is 0 Å². The minimum atomic E-state index is 0.106. The molecule has 2 rings (SSSR count). The first-order valence-electron chi connectivity index (χ1n) is 6.73. The molecular formula is C16H21N3. The quantitative estimate of drug-likeness (QED) is 0.863. The van der Waals surface area contributed by atoms with Gasteiger partial charge in [0.05, 0.1) is 6.04 Å². The van der Waals surface area contributed by atoms with E-state index in [1.807, 2.05) is 12.1 Å². The van der Waals surface area contributed by atoms with E-state index in [1.54, 1.807) is 6.20 Å². The van der Waals surface area contributed by atoms with Gasteiger partial charge in [0, 0.05) is 11.8 Å². The summed E-state index contributed by atoms with van der Waals surface area (Å²) in [5.74, 6) is 0.597. The Labute approximate surface area is 114 Å². The van der Waals surface area contributed by atoms with Gasteiger partial charge in [0.15, 0.2) is 0 Å². The van der Waals surface area contributed by atoms with E-state index in [0.717, 1.165) is 18.5 Å². The summed E-state index contributed by atoms with van der Waals surface area (Å²) in [7, 11) is 0. The molecule has 1 heterocycles. The average molecular weight is 255 g/mol. The Hall–Kier alpha value is -1.87. The van der Waals surface area contributed by atoms with Crippen LogP contribution in [0, 0.1) is 6.92 Å². The number of rotatable bonds is 5. The Kier molecular flexibility index (Phi) is 4.53. The van der Waals surface area contributed by atoms with Crippen LogP contribution in [0.4, 0.5) is 5.82 Å². The molecule has 0 radical (unpaired) electrons. The lowest BCUT2D eigenvalue weighted by molar-refractivity contribution is 0.596. The summed E-state index contributed by atoms with van der Waals surface area (Å²) in [4.78, 5) is 4.20. The van der Waals surface area contributed by atoms with Crippen LogP contribution >= 0.6 is 0 Å². The van der Waals surface area contributed by atoms with E-state index in [9.17, 15) is 0 Å². The Morgan fingerprint density at radius 3 is 2.58 bits per heavy atom. The second-order valence-corrected chi connectivity index (χ2v) is 4.72. The van der Waals surface area contributed by atoms with Gasteiger partial charge in [-0.2, -0.15) is 0 Å². The molecule has 0 bridgehead atoms. The van der Waals surface area contributed by atoms with Crippen LogP contribution < -0.4 is 11.1 Å². The van der Waals surface area contributed by atoms with Crippen molar-refractivity contribution in [3.63, 3.8) is 0 Å². The molecule has 1 unspecified atom stereocenters. The summed E-state index contributed by atoms with van der Waals surface area (Å²) in [6.45, 7) is 5.24. The number of nitrogen functional groups attached to an aromatic ring is 1. The predicted octanol–water partition coefficient (Wildman–Crippen LogP) is 3.06. The molecule has 0 saturated carbocycles. The number of nitrogens with zero attached hydrogens (tertiary/aromatic N) is 1. The second-order valence-electron chi connectivity index (χ2n) is 4.72. The van der Waals surface area contributed by atoms with Crippen molar-refractivity contribution in [2.75, 3.05) is 12.3 Å².